The molecule has 0 saturated carbocycles. The second kappa shape index (κ2) is 18.8. The van der Waals surface area contributed by atoms with Crippen LogP contribution in [0.2, 0.25) is 0 Å². The first-order chi connectivity index (χ1) is 34.7. The Kier molecular flexibility index (Phi) is 12.9. The van der Waals surface area contributed by atoms with Crippen molar-refractivity contribution in [2.24, 2.45) is 0 Å². The molecular formula is C53H63N9O10P+. The van der Waals surface area contributed by atoms with Crippen molar-refractivity contribution in [2.75, 3.05) is 48.7 Å². The highest BCUT2D eigenvalue weighted by atomic mass is 31.2. The molecule has 5 aliphatic rings. The summed E-state index contributed by atoms with van der Waals surface area (Å²) < 4.78 is 39.0. The number of unbranched alkanes of at least 4 members (excludes halogenated alkanes) is 3. The van der Waals surface area contributed by atoms with Crippen LogP contribution in [0.3, 0.4) is 0 Å². The largest absolute Gasteiger partial charge is 0.478 e. The number of aliphatic hydroxyl groups is 1. The Labute approximate surface area is 422 Å². The van der Waals surface area contributed by atoms with Crippen LogP contribution < -0.4 is 41.2 Å². The number of imidazole rings is 1. The number of nitrogens with zero attached hydrogens (tertiary/aromatic N) is 6. The van der Waals surface area contributed by atoms with E-state index in [2.05, 4.69) is 127 Å². The van der Waals surface area contributed by atoms with Crippen molar-refractivity contribution in [3.63, 3.8) is 0 Å². The third-order valence-electron chi connectivity index (χ3n) is 14.7. The van der Waals surface area contributed by atoms with E-state index in [1.165, 1.54) is 17.0 Å². The number of nitrogen functional groups attached to an aromatic ring is 1. The predicted octanol–water partition coefficient (Wildman–Crippen LogP) is 6.36. The molecule has 1 amide bonds. The van der Waals surface area contributed by atoms with E-state index in [4.69, 9.17) is 24.3 Å². The van der Waals surface area contributed by atoms with Crippen molar-refractivity contribution in [2.45, 2.75) is 117 Å². The Morgan fingerprint density at radius 2 is 1.68 bits per heavy atom. The number of allylic oxidation sites excluding steroid dienone is 2. The van der Waals surface area contributed by atoms with E-state index in [1.54, 1.807) is 12.1 Å². The summed E-state index contributed by atoms with van der Waals surface area (Å²) in [7, 11) is -4.35. The molecule has 2 saturated heterocycles. The van der Waals surface area contributed by atoms with Crippen LogP contribution in [0.1, 0.15) is 130 Å². The van der Waals surface area contributed by atoms with E-state index in [0.717, 1.165) is 75.6 Å². The number of hydrogen-bond donors (Lipinski definition) is 6. The number of aromatic carboxylic acids is 1. The molecule has 10 rings (SSSR count). The summed E-state index contributed by atoms with van der Waals surface area (Å²) in [5.74, 6) is 0.169. The lowest BCUT2D eigenvalue weighted by Crippen LogP contribution is -2.49. The van der Waals surface area contributed by atoms with Gasteiger partial charge in [0.05, 0.1) is 23.8 Å². The minimum atomic E-state index is -4.35. The van der Waals surface area contributed by atoms with Gasteiger partial charge in [0.2, 0.25) is 11.3 Å². The summed E-state index contributed by atoms with van der Waals surface area (Å²) in [5.41, 5.74) is 13.9. The molecule has 7 N–H and O–H groups in total. The minimum Gasteiger partial charge on any atom is -0.478 e. The molecule has 2 aromatic heterocycles. The highest BCUT2D eigenvalue weighted by Crippen LogP contribution is 2.53. The number of rotatable bonds is 14. The number of likely N-dealkylation sites (N-methyl/N-ethyl adjacent to an activating group) is 2. The predicted molar refractivity (Wildman–Crippen MR) is 277 cm³/mol. The maximum absolute atomic E-state index is 13.7. The van der Waals surface area contributed by atoms with Gasteiger partial charge < -0.3 is 45.8 Å². The zero-order chi connectivity index (χ0) is 51.9. The molecule has 5 atom stereocenters. The van der Waals surface area contributed by atoms with Crippen LogP contribution in [0.4, 0.5) is 17.5 Å². The number of ether oxygens (including phenoxy) is 2. The lowest BCUT2D eigenvalue weighted by molar-refractivity contribution is -0.0659. The molecule has 5 aliphatic heterocycles. The van der Waals surface area contributed by atoms with E-state index < -0.39 is 38.3 Å². The Balaban J connectivity index is 0.863. The molecule has 20 heteroatoms. The number of carboxylic acid groups (broad SMARTS) is 1. The van der Waals surface area contributed by atoms with Gasteiger partial charge in [-0.2, -0.15) is 0 Å². The summed E-state index contributed by atoms with van der Waals surface area (Å²) in [6, 6.07) is 13.4. The van der Waals surface area contributed by atoms with Crippen LogP contribution in [-0.2, 0) is 18.3 Å². The zero-order valence-corrected chi connectivity index (χ0v) is 43.2. The number of anilines is 3. The Morgan fingerprint density at radius 1 is 0.932 bits per heavy atom. The fourth-order valence-electron chi connectivity index (χ4n) is 11.5. The first kappa shape index (κ1) is 50.1. The topological polar surface area (TPSA) is 249 Å². The third kappa shape index (κ3) is 8.89. The summed E-state index contributed by atoms with van der Waals surface area (Å²) in [4.78, 5) is 52.3. The number of amides is 1. The number of fused-ring (bicyclic) bond motifs is 6. The van der Waals surface area contributed by atoms with Crippen LogP contribution in [-0.4, -0.2) is 109 Å². The monoisotopic (exact) mass is 1020 g/mol. The van der Waals surface area contributed by atoms with Crippen molar-refractivity contribution in [1.29, 1.82) is 0 Å². The SMILES string of the molecule is CCN1c2cc3c(cc2C(C)=CC1(C)C)C(c1ccc(C(=O)NCCCCCCNc2nc4c(N)ncnc4n2[C@@H]2O[C@@H]4COP(=O)(O)O[C@H]4[C@H]2O)cc1C(=O)O)=c1cc2c(cc1O3)=[N+](CC)C(C)(C)C=C2C. The highest BCUT2D eigenvalue weighted by molar-refractivity contribution is 7.47. The third-order valence-corrected chi connectivity index (χ3v) is 15.7. The number of phosphoric acid groups is 1. The first-order valence-corrected chi connectivity index (χ1v) is 26.5. The molecule has 0 radical (unpaired) electrons. The molecule has 1 unspecified atom stereocenters. The second-order valence-corrected chi connectivity index (χ2v) is 21.9. The van der Waals surface area contributed by atoms with Crippen molar-refractivity contribution in [1.82, 2.24) is 29.4 Å². The van der Waals surface area contributed by atoms with E-state index >= 15 is 0 Å². The molecule has 0 bridgehead atoms. The maximum Gasteiger partial charge on any atom is 0.472 e. The quantitative estimate of drug-likeness (QED) is 0.0394. The maximum atomic E-state index is 13.7. The lowest BCUT2D eigenvalue weighted by atomic mass is 9.83. The Hall–Kier alpha value is -6.47. The number of aliphatic hydroxyl groups excluding tert-OH is 1. The van der Waals surface area contributed by atoms with Gasteiger partial charge in [-0.05, 0) is 101 Å². The molecule has 5 aromatic rings. The van der Waals surface area contributed by atoms with Gasteiger partial charge in [-0.3, -0.25) is 18.4 Å². The summed E-state index contributed by atoms with van der Waals surface area (Å²) >= 11 is 0. The van der Waals surface area contributed by atoms with Gasteiger partial charge >= 0.3 is 13.8 Å². The van der Waals surface area contributed by atoms with E-state index in [9.17, 15) is 29.3 Å². The molecule has 0 aliphatic carbocycles. The number of carbonyl (C=O) groups is 2. The average Bonchev–Trinajstić information content (AvgIpc) is 3.86. The van der Waals surface area contributed by atoms with Gasteiger partial charge in [-0.25, -0.2) is 28.9 Å². The van der Waals surface area contributed by atoms with Crippen molar-refractivity contribution < 1.29 is 47.8 Å². The summed E-state index contributed by atoms with van der Waals surface area (Å²) in [6.45, 7) is 19.5. The molecule has 3 aromatic carbocycles. The summed E-state index contributed by atoms with van der Waals surface area (Å²) in [5, 5.41) is 30.2. The molecule has 73 heavy (non-hydrogen) atoms. The highest BCUT2D eigenvalue weighted by Gasteiger charge is 2.53. The standard InChI is InChI=1S/C53H62N9O10P/c1-9-60-37-22-39-35(20-32(37)28(3)24-52(60,5)6)42(36-21-33-29(4)25-53(7,8)61(10-2)38(33)23-40(36)70-39)31-16-15-30(19-34(31)50(65)66)48(64)55-17-13-11-12-14-18-56-51-59-43-46(54)57-27-58-47(43)62(51)49-44(63)45-41(71-49)26-69-73(67,68)72-45/h15-16,19-25,27,41,44-45,49,54-55,63H,9-14,17-18,26H2,1-8H3,(H3,64,65,66,67,68)/p+1/t41-,44-,45-,49-/m1/s1. The number of nitrogens with two attached hydrogens (primary N) is 1. The Morgan fingerprint density at radius 3 is 2.42 bits per heavy atom. The van der Waals surface area contributed by atoms with Crippen molar-refractivity contribution >= 4 is 65.0 Å². The second-order valence-electron chi connectivity index (χ2n) is 20.4. The van der Waals surface area contributed by atoms with Gasteiger partial charge in [0.15, 0.2) is 28.7 Å². The Bertz CT molecular complexity index is 3370. The fraction of sp³-hybridized carbons (Fsp3) is 0.434. The van der Waals surface area contributed by atoms with E-state index in [-0.39, 0.29) is 46.1 Å². The van der Waals surface area contributed by atoms with Crippen LogP contribution in [0.5, 0.6) is 11.5 Å². The number of phosphoric ester groups is 1. The van der Waals surface area contributed by atoms with Crippen LogP contribution in [0, 0.1) is 0 Å². The first-order valence-electron chi connectivity index (χ1n) is 25.0. The van der Waals surface area contributed by atoms with E-state index in [1.807, 2.05) is 0 Å². The van der Waals surface area contributed by atoms with Gasteiger partial charge in [-0.15, -0.1) is 0 Å². The minimum absolute atomic E-state index is 0.00509. The number of benzene rings is 3. The normalized spacial score (nSPS) is 23.3. The number of carboxylic acids is 1. The van der Waals surface area contributed by atoms with E-state index in [0.29, 0.717) is 54.6 Å². The molecule has 2 fully saturated rings. The van der Waals surface area contributed by atoms with Gasteiger partial charge in [0, 0.05) is 78.3 Å². The van der Waals surface area contributed by atoms with Gasteiger partial charge in [-0.1, -0.05) is 25.0 Å². The molecular weight excluding hydrogens is 954 g/mol. The molecule has 0 spiro atoms. The summed E-state index contributed by atoms with van der Waals surface area (Å²) in [6.07, 6.45) is 4.40. The number of aromatic nitrogens is 4. The molecule has 384 valence electrons. The zero-order valence-electron chi connectivity index (χ0n) is 42.4. The number of carbonyl (C=O) groups excluding carboxylic acids is 1. The lowest BCUT2D eigenvalue weighted by Gasteiger charge is -2.43. The smallest absolute Gasteiger partial charge is 0.472 e. The molecule has 7 heterocycles. The van der Waals surface area contributed by atoms with Crippen molar-refractivity contribution in [3.8, 4) is 11.5 Å². The average molecular weight is 1020 g/mol. The van der Waals surface area contributed by atoms with Gasteiger partial charge in [0.25, 0.3) is 5.91 Å². The fourth-order valence-corrected chi connectivity index (χ4v) is 12.5. The van der Waals surface area contributed by atoms with Gasteiger partial charge in [0.1, 0.15) is 42.7 Å². The van der Waals surface area contributed by atoms with Crippen molar-refractivity contribution in [3.05, 3.63) is 105 Å². The van der Waals surface area contributed by atoms with Crippen LogP contribution in [0.25, 0.3) is 27.9 Å². The van der Waals surface area contributed by atoms with Crippen LogP contribution >= 0.6 is 7.82 Å². The molecule has 19 nitrogen and oxygen atoms in total. The number of nitrogens with one attached hydrogen (secondary N) is 2. The van der Waals surface area contributed by atoms with Crippen LogP contribution in [0.15, 0.2) is 60.9 Å². The number of hydrogen-bond acceptors (Lipinski definition) is 14.